The van der Waals surface area contributed by atoms with Gasteiger partial charge in [0.25, 0.3) is 0 Å². The molecule has 1 fully saturated rings. The van der Waals surface area contributed by atoms with Gasteiger partial charge < -0.3 is 5.32 Å². The zero-order valence-electron chi connectivity index (χ0n) is 17.0. The number of halogens is 1. The number of rotatable bonds is 8. The zero-order valence-corrected chi connectivity index (χ0v) is 17.8. The Labute approximate surface area is 181 Å². The Morgan fingerprint density at radius 2 is 1.93 bits per heavy atom. The van der Waals surface area contributed by atoms with Gasteiger partial charge in [-0.05, 0) is 62.3 Å². The summed E-state index contributed by atoms with van der Waals surface area (Å²) in [4.78, 5) is 17.4. The van der Waals surface area contributed by atoms with E-state index < -0.39 is 0 Å². The Balaban J connectivity index is 1.39. The third kappa shape index (κ3) is 5.33. The highest BCUT2D eigenvalue weighted by Crippen LogP contribution is 2.32. The molecule has 0 radical (unpaired) electrons. The number of hydrogen-bond acceptors (Lipinski definition) is 5. The van der Waals surface area contributed by atoms with Gasteiger partial charge in [0.15, 0.2) is 5.82 Å². The summed E-state index contributed by atoms with van der Waals surface area (Å²) in [6.07, 6.45) is 10.3. The molecule has 1 aliphatic carbocycles. The van der Waals surface area contributed by atoms with E-state index in [1.54, 1.807) is 0 Å². The van der Waals surface area contributed by atoms with E-state index in [1.165, 1.54) is 19.3 Å². The first-order valence-electron chi connectivity index (χ1n) is 10.8. The van der Waals surface area contributed by atoms with Crippen LogP contribution < -0.4 is 5.32 Å². The second-order valence-electron chi connectivity index (χ2n) is 8.08. The number of nitrogens with zero attached hydrogens (tertiary/aromatic N) is 4. The van der Waals surface area contributed by atoms with E-state index in [0.29, 0.717) is 23.0 Å². The van der Waals surface area contributed by atoms with Crippen LogP contribution in [-0.4, -0.2) is 31.5 Å². The molecule has 0 aliphatic heterocycles. The molecular formula is C22H27ClN6O. The fourth-order valence-corrected chi connectivity index (χ4v) is 4.42. The summed E-state index contributed by atoms with van der Waals surface area (Å²) in [6, 6.07) is 7.76. The Hall–Kier alpha value is -2.54. The van der Waals surface area contributed by atoms with Gasteiger partial charge in [0.1, 0.15) is 0 Å². The molecule has 0 saturated heterocycles. The van der Waals surface area contributed by atoms with Crippen LogP contribution >= 0.6 is 11.6 Å². The van der Waals surface area contributed by atoms with Crippen LogP contribution in [0.25, 0.3) is 10.9 Å². The number of carbonyl (C=O) groups excluding carboxylic acids is 1. The van der Waals surface area contributed by atoms with E-state index in [2.05, 4.69) is 25.9 Å². The molecule has 1 saturated carbocycles. The molecule has 1 amide bonds. The SMILES string of the molecule is O=C(CC1CCCCC1)Nc1c(Cl)ccc2nc(CCCCc3nn[nH]n3)ccc12. The second-order valence-corrected chi connectivity index (χ2v) is 8.49. The lowest BCUT2D eigenvalue weighted by Crippen LogP contribution is -2.18. The number of nitrogens with one attached hydrogen (secondary N) is 2. The van der Waals surface area contributed by atoms with Crippen LogP contribution in [0.15, 0.2) is 24.3 Å². The maximum Gasteiger partial charge on any atom is 0.224 e. The third-order valence-electron chi connectivity index (χ3n) is 5.81. The molecule has 4 rings (SSSR count). The molecule has 0 unspecified atom stereocenters. The summed E-state index contributed by atoms with van der Waals surface area (Å²) in [5, 5.41) is 18.5. The molecule has 3 aromatic rings. The molecule has 2 heterocycles. The molecular weight excluding hydrogens is 400 g/mol. The molecule has 1 aliphatic rings. The van der Waals surface area contributed by atoms with Crippen LogP contribution in [0.5, 0.6) is 0 Å². The van der Waals surface area contributed by atoms with Gasteiger partial charge in [-0.25, -0.2) is 0 Å². The summed E-state index contributed by atoms with van der Waals surface area (Å²) in [5.41, 5.74) is 2.55. The average molecular weight is 427 g/mol. The number of carbonyl (C=O) groups is 1. The van der Waals surface area contributed by atoms with Gasteiger partial charge in [0.2, 0.25) is 5.91 Å². The van der Waals surface area contributed by atoms with Crippen LogP contribution in [0, 0.1) is 5.92 Å². The van der Waals surface area contributed by atoms with E-state index in [-0.39, 0.29) is 5.91 Å². The smallest absolute Gasteiger partial charge is 0.224 e. The number of hydrogen-bond donors (Lipinski definition) is 2. The number of pyridine rings is 1. The Kier molecular flexibility index (Phi) is 6.89. The predicted octanol–water partition coefficient (Wildman–Crippen LogP) is 4.88. The molecule has 0 bridgehead atoms. The molecule has 2 aromatic heterocycles. The van der Waals surface area contributed by atoms with Crippen LogP contribution in [-0.2, 0) is 17.6 Å². The number of fused-ring (bicyclic) bond motifs is 1. The van der Waals surface area contributed by atoms with Gasteiger partial charge in [-0.15, -0.1) is 10.2 Å². The summed E-state index contributed by atoms with van der Waals surface area (Å²) in [7, 11) is 0. The van der Waals surface area contributed by atoms with Gasteiger partial charge in [0.05, 0.1) is 16.2 Å². The fraction of sp³-hybridized carbons (Fsp3) is 0.500. The number of H-pyrrole nitrogens is 1. The largest absolute Gasteiger partial charge is 0.324 e. The predicted molar refractivity (Wildman–Crippen MR) is 117 cm³/mol. The molecule has 0 spiro atoms. The second kappa shape index (κ2) is 9.98. The number of aromatic nitrogens is 5. The maximum atomic E-state index is 12.6. The minimum atomic E-state index is 0.0434. The number of unbranched alkanes of at least 4 members (excludes halogenated alkanes) is 1. The number of amides is 1. The number of aryl methyl sites for hydroxylation is 2. The minimum Gasteiger partial charge on any atom is -0.324 e. The standard InChI is InChI=1S/C22H27ClN6O/c23-18-12-13-19-17(22(18)25-21(30)14-15-6-2-1-3-7-15)11-10-16(24-19)8-4-5-9-20-26-28-29-27-20/h10-13,15H,1-9,14H2,(H,25,30)(H,26,27,28,29). The Morgan fingerprint density at radius 1 is 1.10 bits per heavy atom. The average Bonchev–Trinajstić information content (AvgIpc) is 3.27. The first kappa shape index (κ1) is 20.7. The lowest BCUT2D eigenvalue weighted by atomic mass is 9.87. The van der Waals surface area contributed by atoms with Gasteiger partial charge in [-0.1, -0.05) is 36.1 Å². The molecule has 7 nitrogen and oxygen atoms in total. The van der Waals surface area contributed by atoms with Crippen molar-refractivity contribution in [1.82, 2.24) is 25.6 Å². The quantitative estimate of drug-likeness (QED) is 0.500. The van der Waals surface area contributed by atoms with Crippen molar-refractivity contribution in [3.8, 4) is 0 Å². The van der Waals surface area contributed by atoms with E-state index >= 15 is 0 Å². The summed E-state index contributed by atoms with van der Waals surface area (Å²) in [5.74, 6) is 1.27. The zero-order chi connectivity index (χ0) is 20.8. The van der Waals surface area contributed by atoms with E-state index in [9.17, 15) is 4.79 Å². The molecule has 1 aromatic carbocycles. The number of anilines is 1. The van der Waals surface area contributed by atoms with Crippen molar-refractivity contribution in [3.63, 3.8) is 0 Å². The van der Waals surface area contributed by atoms with Gasteiger partial charge in [0, 0.05) is 23.9 Å². The fourth-order valence-electron chi connectivity index (χ4n) is 4.21. The van der Waals surface area contributed by atoms with Crippen molar-refractivity contribution in [2.45, 2.75) is 64.2 Å². The van der Waals surface area contributed by atoms with E-state index in [1.807, 2.05) is 24.3 Å². The summed E-state index contributed by atoms with van der Waals surface area (Å²) in [6.45, 7) is 0. The number of tetrazole rings is 1. The van der Waals surface area contributed by atoms with Crippen LogP contribution in [0.1, 0.15) is 62.9 Å². The Bertz CT molecular complexity index is 985. The minimum absolute atomic E-state index is 0.0434. The molecule has 158 valence electrons. The van der Waals surface area contributed by atoms with Gasteiger partial charge in [-0.2, -0.15) is 5.21 Å². The lowest BCUT2D eigenvalue weighted by molar-refractivity contribution is -0.117. The topological polar surface area (TPSA) is 96.5 Å². The van der Waals surface area contributed by atoms with Crippen molar-refractivity contribution in [3.05, 3.63) is 40.8 Å². The molecule has 2 N–H and O–H groups in total. The van der Waals surface area contributed by atoms with Gasteiger partial charge >= 0.3 is 0 Å². The third-order valence-corrected chi connectivity index (χ3v) is 6.13. The number of benzene rings is 1. The van der Waals surface area contributed by atoms with Crippen molar-refractivity contribution in [1.29, 1.82) is 0 Å². The highest BCUT2D eigenvalue weighted by atomic mass is 35.5. The first-order valence-corrected chi connectivity index (χ1v) is 11.2. The van der Waals surface area contributed by atoms with Crippen LogP contribution in [0.2, 0.25) is 5.02 Å². The maximum absolute atomic E-state index is 12.6. The first-order chi connectivity index (χ1) is 14.7. The van der Waals surface area contributed by atoms with Crippen molar-refractivity contribution in [2.75, 3.05) is 5.32 Å². The summed E-state index contributed by atoms with van der Waals surface area (Å²) >= 11 is 6.42. The molecule has 8 heteroatoms. The lowest BCUT2D eigenvalue weighted by Gasteiger charge is -2.21. The van der Waals surface area contributed by atoms with Crippen LogP contribution in [0.3, 0.4) is 0 Å². The highest BCUT2D eigenvalue weighted by Gasteiger charge is 2.18. The van der Waals surface area contributed by atoms with Crippen LogP contribution in [0.4, 0.5) is 5.69 Å². The van der Waals surface area contributed by atoms with Gasteiger partial charge in [-0.3, -0.25) is 9.78 Å². The number of aromatic amines is 1. The summed E-state index contributed by atoms with van der Waals surface area (Å²) < 4.78 is 0. The molecule has 0 atom stereocenters. The van der Waals surface area contributed by atoms with Crippen molar-refractivity contribution >= 4 is 34.1 Å². The van der Waals surface area contributed by atoms with Crippen molar-refractivity contribution in [2.24, 2.45) is 5.92 Å². The highest BCUT2D eigenvalue weighted by molar-refractivity contribution is 6.35. The van der Waals surface area contributed by atoms with E-state index in [0.717, 1.165) is 60.9 Å². The Morgan fingerprint density at radius 3 is 2.73 bits per heavy atom. The molecule has 30 heavy (non-hydrogen) atoms. The monoisotopic (exact) mass is 426 g/mol. The van der Waals surface area contributed by atoms with Crippen molar-refractivity contribution < 1.29 is 4.79 Å². The van der Waals surface area contributed by atoms with E-state index in [4.69, 9.17) is 16.6 Å². The normalized spacial score (nSPS) is 14.8.